The lowest BCUT2D eigenvalue weighted by molar-refractivity contribution is -0.384. The van der Waals surface area contributed by atoms with Crippen molar-refractivity contribution in [1.29, 1.82) is 0 Å². The van der Waals surface area contributed by atoms with Gasteiger partial charge < -0.3 is 9.84 Å². The van der Waals surface area contributed by atoms with Crippen LogP contribution in [0.5, 0.6) is 5.75 Å². The van der Waals surface area contributed by atoms with E-state index in [1.54, 1.807) is 19.1 Å². The van der Waals surface area contributed by atoms with Gasteiger partial charge in [-0.1, -0.05) is 30.7 Å². The van der Waals surface area contributed by atoms with Crippen LogP contribution in [-0.2, 0) is 4.79 Å². The third kappa shape index (κ3) is 4.77. The van der Waals surface area contributed by atoms with Crippen molar-refractivity contribution in [1.82, 2.24) is 0 Å². The molecule has 0 bridgehead atoms. The van der Waals surface area contributed by atoms with Gasteiger partial charge in [0.05, 0.1) is 11.3 Å². The van der Waals surface area contributed by atoms with E-state index in [1.807, 2.05) is 0 Å². The Hall–Kier alpha value is -2.93. The number of benzene rings is 2. The number of hydrogen-bond donors (Lipinski definition) is 1. The average Bonchev–Trinajstić information content (AvgIpc) is 2.54. The monoisotopic (exact) mass is 363 g/mol. The molecule has 0 aromatic heterocycles. The van der Waals surface area contributed by atoms with E-state index in [9.17, 15) is 19.7 Å². The summed E-state index contributed by atoms with van der Waals surface area (Å²) in [6.45, 7) is 1.76. The Morgan fingerprint density at radius 2 is 1.88 bits per heavy atom. The number of carboxylic acids is 1. The molecule has 0 aliphatic heterocycles. The first-order valence-corrected chi connectivity index (χ1v) is 7.63. The molecule has 7 nitrogen and oxygen atoms in total. The molecule has 1 unspecified atom stereocenters. The number of carboxylic acid groups (broad SMARTS) is 1. The van der Waals surface area contributed by atoms with Crippen molar-refractivity contribution in [3.63, 3.8) is 0 Å². The molecule has 0 heterocycles. The van der Waals surface area contributed by atoms with Crippen LogP contribution in [0.4, 0.5) is 5.69 Å². The van der Waals surface area contributed by atoms with Gasteiger partial charge in [-0.25, -0.2) is 4.79 Å². The van der Waals surface area contributed by atoms with Crippen LogP contribution < -0.4 is 4.74 Å². The van der Waals surface area contributed by atoms with Crippen molar-refractivity contribution in [3.05, 3.63) is 68.7 Å². The van der Waals surface area contributed by atoms with Gasteiger partial charge in [0.15, 0.2) is 0 Å². The zero-order chi connectivity index (χ0) is 18.6. The van der Waals surface area contributed by atoms with Gasteiger partial charge >= 0.3 is 11.9 Å². The van der Waals surface area contributed by atoms with Crippen LogP contribution in [0.1, 0.15) is 35.2 Å². The molecule has 2 rings (SSSR count). The van der Waals surface area contributed by atoms with Crippen molar-refractivity contribution in [2.24, 2.45) is 0 Å². The number of aromatic carboxylic acids is 1. The molecule has 0 amide bonds. The number of halogens is 1. The highest BCUT2D eigenvalue weighted by Gasteiger charge is 2.18. The minimum Gasteiger partial charge on any atom is -0.478 e. The summed E-state index contributed by atoms with van der Waals surface area (Å²) in [6.07, 6.45) is -0.0244. The van der Waals surface area contributed by atoms with E-state index in [0.717, 1.165) is 5.56 Å². The maximum absolute atomic E-state index is 12.1. The Balaban J connectivity index is 2.08. The van der Waals surface area contributed by atoms with E-state index in [-0.39, 0.29) is 34.4 Å². The van der Waals surface area contributed by atoms with E-state index < -0.39 is 16.9 Å². The summed E-state index contributed by atoms with van der Waals surface area (Å²) in [6, 6.07) is 9.76. The van der Waals surface area contributed by atoms with Crippen LogP contribution >= 0.6 is 11.6 Å². The fraction of sp³-hybridized carbons (Fsp3) is 0.176. The average molecular weight is 364 g/mol. The summed E-state index contributed by atoms with van der Waals surface area (Å²) < 4.78 is 5.13. The minimum absolute atomic E-state index is 0.0244. The van der Waals surface area contributed by atoms with Crippen LogP contribution in [0.3, 0.4) is 0 Å². The highest BCUT2D eigenvalue weighted by molar-refractivity contribution is 6.30. The maximum Gasteiger partial charge on any atom is 0.339 e. The molecule has 1 N–H and O–H groups in total. The number of rotatable bonds is 6. The summed E-state index contributed by atoms with van der Waals surface area (Å²) in [4.78, 5) is 33.4. The van der Waals surface area contributed by atoms with Gasteiger partial charge in [-0.15, -0.1) is 0 Å². The second kappa shape index (κ2) is 7.76. The van der Waals surface area contributed by atoms with Gasteiger partial charge in [-0.05, 0) is 23.6 Å². The number of non-ortho nitro benzene ring substituents is 1. The quantitative estimate of drug-likeness (QED) is 0.359. The zero-order valence-corrected chi connectivity index (χ0v) is 13.9. The minimum atomic E-state index is -1.23. The fourth-order valence-electron chi connectivity index (χ4n) is 2.21. The Labute approximate surface area is 148 Å². The first kappa shape index (κ1) is 18.4. The van der Waals surface area contributed by atoms with Crippen LogP contribution in [-0.4, -0.2) is 22.0 Å². The van der Waals surface area contributed by atoms with Gasteiger partial charge in [0.2, 0.25) is 0 Å². The summed E-state index contributed by atoms with van der Waals surface area (Å²) >= 11 is 5.81. The van der Waals surface area contributed by atoms with E-state index >= 15 is 0 Å². The first-order valence-electron chi connectivity index (χ1n) is 7.26. The molecule has 8 heteroatoms. The number of carbonyl (C=O) groups excluding carboxylic acids is 1. The molecular formula is C17H14ClNO6. The highest BCUT2D eigenvalue weighted by atomic mass is 35.5. The SMILES string of the molecule is CC(CC(=O)Oc1cc(Cl)ccc1C(=O)O)c1ccc([N+](=O)[O-])cc1. The molecule has 0 aliphatic carbocycles. The van der Waals surface area contributed by atoms with Gasteiger partial charge in [-0.3, -0.25) is 14.9 Å². The Morgan fingerprint density at radius 3 is 2.44 bits per heavy atom. The van der Waals surface area contributed by atoms with Crippen molar-refractivity contribution in [2.75, 3.05) is 0 Å². The van der Waals surface area contributed by atoms with Gasteiger partial charge in [0.1, 0.15) is 11.3 Å². The third-order valence-corrected chi connectivity index (χ3v) is 3.78. The standard InChI is InChI=1S/C17H14ClNO6/c1-10(11-2-5-13(6-3-11)19(23)24)8-16(20)25-15-9-12(18)4-7-14(15)17(21)22/h2-7,9-10H,8H2,1H3,(H,21,22). The summed E-state index contributed by atoms with van der Waals surface area (Å²) in [5, 5.41) is 20.0. The lowest BCUT2D eigenvalue weighted by Crippen LogP contribution is -2.13. The predicted molar refractivity (Wildman–Crippen MR) is 90.2 cm³/mol. The van der Waals surface area contributed by atoms with Crippen LogP contribution in [0, 0.1) is 10.1 Å². The number of nitro benzene ring substituents is 1. The van der Waals surface area contributed by atoms with E-state index in [2.05, 4.69) is 0 Å². The lowest BCUT2D eigenvalue weighted by Gasteiger charge is -2.12. The van der Waals surface area contributed by atoms with Crippen molar-refractivity contribution >= 4 is 29.2 Å². The molecule has 0 aliphatic rings. The van der Waals surface area contributed by atoms with Gasteiger partial charge in [0, 0.05) is 23.2 Å². The van der Waals surface area contributed by atoms with Gasteiger partial charge in [-0.2, -0.15) is 0 Å². The van der Waals surface area contributed by atoms with Crippen molar-refractivity contribution < 1.29 is 24.4 Å². The molecule has 2 aromatic carbocycles. The molecule has 25 heavy (non-hydrogen) atoms. The Kier molecular flexibility index (Phi) is 5.71. The van der Waals surface area contributed by atoms with Crippen molar-refractivity contribution in [3.8, 4) is 5.75 Å². The largest absolute Gasteiger partial charge is 0.478 e. The van der Waals surface area contributed by atoms with Crippen molar-refractivity contribution in [2.45, 2.75) is 19.3 Å². The zero-order valence-electron chi connectivity index (χ0n) is 13.1. The lowest BCUT2D eigenvalue weighted by atomic mass is 9.98. The number of ether oxygens (including phenoxy) is 1. The predicted octanol–water partition coefficient (Wildman–Crippen LogP) is 4.05. The van der Waals surface area contributed by atoms with Crippen LogP contribution in [0.2, 0.25) is 5.02 Å². The van der Waals surface area contributed by atoms with Crippen LogP contribution in [0.25, 0.3) is 0 Å². The maximum atomic E-state index is 12.1. The molecule has 0 fully saturated rings. The molecule has 0 saturated carbocycles. The molecular weight excluding hydrogens is 350 g/mol. The molecule has 0 spiro atoms. The van der Waals surface area contributed by atoms with Gasteiger partial charge in [0.25, 0.3) is 5.69 Å². The smallest absolute Gasteiger partial charge is 0.339 e. The topological polar surface area (TPSA) is 107 Å². The van der Waals surface area contributed by atoms with Crippen LogP contribution in [0.15, 0.2) is 42.5 Å². The number of nitro groups is 1. The van der Waals surface area contributed by atoms with E-state index in [0.29, 0.717) is 0 Å². The molecule has 0 saturated heterocycles. The Bertz CT molecular complexity index is 818. The molecule has 2 aromatic rings. The molecule has 1 atom stereocenters. The number of hydrogen-bond acceptors (Lipinski definition) is 5. The molecule has 130 valence electrons. The summed E-state index contributed by atoms with van der Waals surface area (Å²) in [5.74, 6) is -2.25. The number of carbonyl (C=O) groups is 2. The second-order valence-corrected chi connectivity index (χ2v) is 5.81. The normalized spacial score (nSPS) is 11.6. The first-order chi connectivity index (χ1) is 11.8. The number of esters is 1. The second-order valence-electron chi connectivity index (χ2n) is 5.37. The highest BCUT2D eigenvalue weighted by Crippen LogP contribution is 2.26. The number of nitrogens with zero attached hydrogens (tertiary/aromatic N) is 1. The third-order valence-electron chi connectivity index (χ3n) is 3.54. The summed E-state index contributed by atoms with van der Waals surface area (Å²) in [5.41, 5.74) is 0.524. The van der Waals surface area contributed by atoms with E-state index in [4.69, 9.17) is 21.4 Å². The summed E-state index contributed by atoms with van der Waals surface area (Å²) in [7, 11) is 0. The molecule has 0 radical (unpaired) electrons. The Morgan fingerprint density at radius 1 is 1.24 bits per heavy atom. The fourth-order valence-corrected chi connectivity index (χ4v) is 2.38. The van der Waals surface area contributed by atoms with E-state index in [1.165, 1.54) is 30.3 Å².